The number of imidazole rings is 1. The minimum atomic E-state index is -2.93. The number of thioether (sulfide) groups is 1. The van der Waals surface area contributed by atoms with Crippen LogP contribution in [0.25, 0.3) is 11.0 Å². The van der Waals surface area contributed by atoms with Crippen LogP contribution in [-0.4, -0.2) is 35.8 Å². The van der Waals surface area contributed by atoms with Crippen LogP contribution in [0.3, 0.4) is 0 Å². The Hall–Kier alpha value is -2.55. The molecule has 0 saturated carbocycles. The van der Waals surface area contributed by atoms with Crippen molar-refractivity contribution in [2.75, 3.05) is 14.2 Å². The number of pyridine rings is 1. The molecule has 1 N–H and O–H groups in total. The van der Waals surface area contributed by atoms with Crippen LogP contribution in [-0.2, 0) is 5.75 Å². The number of H-pyrrole nitrogens is 1. The summed E-state index contributed by atoms with van der Waals surface area (Å²) in [6.45, 7) is -0.990. The van der Waals surface area contributed by atoms with Crippen molar-refractivity contribution in [1.82, 2.24) is 15.0 Å². The molecule has 9 heteroatoms. The summed E-state index contributed by atoms with van der Waals surface area (Å²) in [5, 5.41) is 0.639. The molecule has 1 aromatic carbocycles. The first-order valence-corrected chi connectivity index (χ1v) is 8.64. The van der Waals surface area contributed by atoms with Gasteiger partial charge in [-0.2, -0.15) is 8.78 Å². The van der Waals surface area contributed by atoms with Crippen LogP contribution in [0.15, 0.2) is 29.6 Å². The lowest BCUT2D eigenvalue weighted by Crippen LogP contribution is -2.03. The van der Waals surface area contributed by atoms with Crippen LogP contribution in [0.2, 0.25) is 0 Å². The average molecular weight is 381 g/mol. The highest BCUT2D eigenvalue weighted by Crippen LogP contribution is 2.34. The van der Waals surface area contributed by atoms with Gasteiger partial charge >= 0.3 is 6.61 Å². The van der Waals surface area contributed by atoms with Crippen LogP contribution in [0.4, 0.5) is 8.78 Å². The Morgan fingerprint density at radius 2 is 1.92 bits per heavy atom. The van der Waals surface area contributed by atoms with E-state index >= 15 is 0 Å². The Kier molecular flexibility index (Phi) is 5.46. The molecule has 0 fully saturated rings. The van der Waals surface area contributed by atoms with Crippen molar-refractivity contribution in [3.63, 3.8) is 0 Å². The highest BCUT2D eigenvalue weighted by Gasteiger charge is 2.15. The first-order valence-electron chi connectivity index (χ1n) is 7.65. The van der Waals surface area contributed by atoms with E-state index in [9.17, 15) is 8.78 Å². The summed E-state index contributed by atoms with van der Waals surface area (Å²) in [5.74, 6) is 1.52. The first-order chi connectivity index (χ1) is 12.5. The standard InChI is InChI=1S/C17H17F2N3O3S/c1-9-12(20-5-4-13(9)23-2)8-26-17-21-10-6-14(24-3)15(25-16(18)19)7-11(10)22-17/h4-7,16H,8H2,1-3H3,(H,21,22). The zero-order valence-corrected chi connectivity index (χ0v) is 15.2. The van der Waals surface area contributed by atoms with Crippen molar-refractivity contribution in [3.05, 3.63) is 35.7 Å². The molecule has 0 radical (unpaired) electrons. The van der Waals surface area contributed by atoms with Gasteiger partial charge in [0.25, 0.3) is 0 Å². The molecule has 2 aromatic heterocycles. The maximum atomic E-state index is 12.5. The summed E-state index contributed by atoms with van der Waals surface area (Å²) in [6, 6.07) is 4.82. The highest BCUT2D eigenvalue weighted by molar-refractivity contribution is 7.98. The zero-order valence-electron chi connectivity index (χ0n) is 14.4. The third-order valence-corrected chi connectivity index (χ3v) is 4.67. The van der Waals surface area contributed by atoms with Crippen molar-refractivity contribution >= 4 is 22.8 Å². The fourth-order valence-corrected chi connectivity index (χ4v) is 3.38. The lowest BCUT2D eigenvalue weighted by Gasteiger charge is -2.09. The smallest absolute Gasteiger partial charge is 0.387 e. The third-order valence-electron chi connectivity index (χ3n) is 3.79. The molecule has 0 amide bonds. The van der Waals surface area contributed by atoms with Gasteiger partial charge in [0, 0.05) is 29.6 Å². The molecule has 0 aliphatic carbocycles. The Balaban J connectivity index is 1.83. The van der Waals surface area contributed by atoms with E-state index in [0.717, 1.165) is 17.0 Å². The van der Waals surface area contributed by atoms with E-state index in [2.05, 4.69) is 19.7 Å². The summed E-state index contributed by atoms with van der Waals surface area (Å²) in [6.07, 6.45) is 1.69. The number of fused-ring (bicyclic) bond motifs is 1. The average Bonchev–Trinajstić information content (AvgIpc) is 3.01. The molecule has 3 rings (SSSR count). The van der Waals surface area contributed by atoms with E-state index < -0.39 is 6.61 Å². The molecular formula is C17H17F2N3O3S. The van der Waals surface area contributed by atoms with E-state index in [-0.39, 0.29) is 11.5 Å². The Bertz CT molecular complexity index is 918. The predicted molar refractivity (Wildman–Crippen MR) is 94.4 cm³/mol. The van der Waals surface area contributed by atoms with E-state index in [4.69, 9.17) is 9.47 Å². The van der Waals surface area contributed by atoms with E-state index in [0.29, 0.717) is 21.9 Å². The van der Waals surface area contributed by atoms with Crippen LogP contribution in [0, 0.1) is 6.92 Å². The number of halogens is 2. The van der Waals surface area contributed by atoms with Gasteiger partial charge in [0.1, 0.15) is 5.75 Å². The lowest BCUT2D eigenvalue weighted by atomic mass is 10.2. The van der Waals surface area contributed by atoms with Gasteiger partial charge in [-0.05, 0) is 13.0 Å². The van der Waals surface area contributed by atoms with Crippen molar-refractivity contribution in [2.45, 2.75) is 24.4 Å². The summed E-state index contributed by atoms with van der Waals surface area (Å²) in [5.41, 5.74) is 3.03. The predicted octanol–water partition coefficient (Wildman–Crippen LogP) is 4.18. The van der Waals surface area contributed by atoms with Crippen LogP contribution in [0.1, 0.15) is 11.3 Å². The summed E-state index contributed by atoms with van der Waals surface area (Å²) in [4.78, 5) is 11.9. The Morgan fingerprint density at radius 1 is 1.15 bits per heavy atom. The molecule has 3 aromatic rings. The molecule has 6 nitrogen and oxygen atoms in total. The van der Waals surface area contributed by atoms with Gasteiger partial charge < -0.3 is 19.2 Å². The number of aromatic amines is 1. The molecule has 0 aliphatic rings. The highest BCUT2D eigenvalue weighted by atomic mass is 32.2. The number of hydrogen-bond acceptors (Lipinski definition) is 6. The molecular weight excluding hydrogens is 364 g/mol. The molecule has 2 heterocycles. The molecule has 0 atom stereocenters. The second kappa shape index (κ2) is 7.77. The zero-order chi connectivity index (χ0) is 18.7. The number of nitrogens with one attached hydrogen (secondary N) is 1. The number of methoxy groups -OCH3 is 2. The number of benzene rings is 1. The van der Waals surface area contributed by atoms with Gasteiger partial charge in [-0.1, -0.05) is 11.8 Å². The SMILES string of the molecule is COc1cc2[nH]c(SCc3nccc(OC)c3C)nc2cc1OC(F)F. The van der Waals surface area contributed by atoms with Gasteiger partial charge in [0.15, 0.2) is 16.7 Å². The van der Waals surface area contributed by atoms with E-state index in [1.54, 1.807) is 19.4 Å². The number of ether oxygens (including phenoxy) is 3. The quantitative estimate of drug-likeness (QED) is 0.619. The molecule has 0 aliphatic heterocycles. The Morgan fingerprint density at radius 3 is 2.62 bits per heavy atom. The second-order valence-corrected chi connectivity index (χ2v) is 6.28. The van der Waals surface area contributed by atoms with Crippen LogP contribution in [0.5, 0.6) is 17.2 Å². The molecule has 138 valence electrons. The molecule has 0 saturated heterocycles. The molecule has 0 spiro atoms. The summed E-state index contributed by atoms with van der Waals surface area (Å²) < 4.78 is 39.9. The maximum absolute atomic E-state index is 12.5. The first kappa shape index (κ1) is 18.2. The van der Waals surface area contributed by atoms with Gasteiger partial charge in [0.2, 0.25) is 0 Å². The third kappa shape index (κ3) is 3.82. The number of aromatic nitrogens is 3. The summed E-state index contributed by atoms with van der Waals surface area (Å²) in [7, 11) is 3.01. The lowest BCUT2D eigenvalue weighted by molar-refractivity contribution is -0.0511. The largest absolute Gasteiger partial charge is 0.496 e. The number of rotatable bonds is 7. The van der Waals surface area contributed by atoms with Gasteiger partial charge in [-0.3, -0.25) is 4.98 Å². The van der Waals surface area contributed by atoms with Gasteiger partial charge in [-0.15, -0.1) is 0 Å². The normalized spacial score (nSPS) is 11.2. The van der Waals surface area contributed by atoms with Crippen molar-refractivity contribution < 1.29 is 23.0 Å². The number of alkyl halides is 2. The van der Waals surface area contributed by atoms with E-state index in [1.165, 1.54) is 24.9 Å². The van der Waals surface area contributed by atoms with Gasteiger partial charge in [0.05, 0.1) is 30.9 Å². The summed E-state index contributed by atoms with van der Waals surface area (Å²) >= 11 is 1.45. The fraction of sp³-hybridized carbons (Fsp3) is 0.294. The van der Waals surface area contributed by atoms with Gasteiger partial charge in [-0.25, -0.2) is 4.98 Å². The van der Waals surface area contributed by atoms with Crippen molar-refractivity contribution in [3.8, 4) is 17.2 Å². The number of hydrogen-bond donors (Lipinski definition) is 1. The molecule has 0 unspecified atom stereocenters. The number of nitrogens with zero attached hydrogens (tertiary/aromatic N) is 2. The minimum absolute atomic E-state index is 0.0524. The monoisotopic (exact) mass is 381 g/mol. The van der Waals surface area contributed by atoms with Crippen LogP contribution >= 0.6 is 11.8 Å². The topological polar surface area (TPSA) is 69.3 Å². The molecule has 0 bridgehead atoms. The fourth-order valence-electron chi connectivity index (χ4n) is 2.47. The minimum Gasteiger partial charge on any atom is -0.496 e. The molecule has 26 heavy (non-hydrogen) atoms. The second-order valence-electron chi connectivity index (χ2n) is 5.31. The van der Waals surface area contributed by atoms with Crippen molar-refractivity contribution in [2.24, 2.45) is 0 Å². The van der Waals surface area contributed by atoms with Crippen molar-refractivity contribution in [1.29, 1.82) is 0 Å². The maximum Gasteiger partial charge on any atom is 0.387 e. The Labute approximate surface area is 152 Å². The van der Waals surface area contributed by atoms with E-state index in [1.807, 2.05) is 13.0 Å². The van der Waals surface area contributed by atoms with Crippen LogP contribution < -0.4 is 14.2 Å².